The van der Waals surface area contributed by atoms with Crippen molar-refractivity contribution in [2.45, 2.75) is 57.0 Å². The van der Waals surface area contributed by atoms with Crippen molar-refractivity contribution < 1.29 is 19.1 Å². The Morgan fingerprint density at radius 1 is 1.08 bits per heavy atom. The first-order valence-electron chi connectivity index (χ1n) is 8.61. The predicted octanol–water partition coefficient (Wildman–Crippen LogP) is 3.15. The number of fused-ring (bicyclic) bond motifs is 1. The molecule has 0 aromatic heterocycles. The van der Waals surface area contributed by atoms with Crippen molar-refractivity contribution in [3.05, 3.63) is 35.1 Å². The molecule has 1 aromatic carbocycles. The lowest BCUT2D eigenvalue weighted by Gasteiger charge is -2.30. The van der Waals surface area contributed by atoms with E-state index in [-0.39, 0.29) is 29.8 Å². The van der Waals surface area contributed by atoms with E-state index in [0.29, 0.717) is 25.7 Å². The molecule has 0 saturated heterocycles. The number of benzene rings is 1. The standard InChI is InChI=1S/C18H23FN2O3/c19-13-7-4-11-2-1-3-16(15(11)10-13)21-18(24)20-14-8-5-12(6-9-14)17(22)23/h4,7,10,12,14,16H,1-3,5-6,8-9H2,(H,22,23)(H2,20,21,24)/t12?,14?,16-/m0/s1. The first-order valence-corrected chi connectivity index (χ1v) is 8.61. The maximum Gasteiger partial charge on any atom is 0.315 e. The van der Waals surface area contributed by atoms with Crippen LogP contribution in [0.3, 0.4) is 0 Å². The van der Waals surface area contributed by atoms with Gasteiger partial charge in [0.05, 0.1) is 12.0 Å². The van der Waals surface area contributed by atoms with Gasteiger partial charge in [-0.1, -0.05) is 6.07 Å². The zero-order valence-corrected chi connectivity index (χ0v) is 13.6. The van der Waals surface area contributed by atoms with Crippen LogP contribution in [0.2, 0.25) is 0 Å². The Kier molecular flexibility index (Phi) is 5.02. The van der Waals surface area contributed by atoms with E-state index in [1.165, 1.54) is 12.1 Å². The van der Waals surface area contributed by atoms with Gasteiger partial charge in [-0.2, -0.15) is 0 Å². The Bertz CT molecular complexity index is 627. The second kappa shape index (κ2) is 7.20. The SMILES string of the molecule is O=C(NC1CCC(C(=O)O)CC1)N[C@H]1CCCc2ccc(F)cc21. The number of carboxylic acids is 1. The molecule has 6 heteroatoms. The van der Waals surface area contributed by atoms with E-state index in [9.17, 15) is 14.0 Å². The smallest absolute Gasteiger partial charge is 0.315 e. The minimum Gasteiger partial charge on any atom is -0.481 e. The molecule has 5 nitrogen and oxygen atoms in total. The summed E-state index contributed by atoms with van der Waals surface area (Å²) in [5, 5.41) is 14.9. The fourth-order valence-corrected chi connectivity index (χ4v) is 3.79. The van der Waals surface area contributed by atoms with Crippen LogP contribution in [0.4, 0.5) is 9.18 Å². The first-order chi connectivity index (χ1) is 11.5. The number of rotatable bonds is 3. The van der Waals surface area contributed by atoms with Crippen molar-refractivity contribution in [2.75, 3.05) is 0 Å². The summed E-state index contributed by atoms with van der Waals surface area (Å²) in [5.74, 6) is -1.33. The number of nitrogens with one attached hydrogen (secondary N) is 2. The van der Waals surface area contributed by atoms with E-state index in [1.807, 2.05) is 0 Å². The Hall–Kier alpha value is -2.11. The second-order valence-electron chi connectivity index (χ2n) is 6.79. The van der Waals surface area contributed by atoms with Crippen LogP contribution in [0.5, 0.6) is 0 Å². The molecule has 0 bridgehead atoms. The fourth-order valence-electron chi connectivity index (χ4n) is 3.79. The van der Waals surface area contributed by atoms with E-state index in [0.717, 1.165) is 30.4 Å². The van der Waals surface area contributed by atoms with Crippen LogP contribution >= 0.6 is 0 Å². The molecule has 0 unspecified atom stereocenters. The second-order valence-corrected chi connectivity index (χ2v) is 6.79. The van der Waals surface area contributed by atoms with Gasteiger partial charge < -0.3 is 15.7 Å². The predicted molar refractivity (Wildman–Crippen MR) is 87.1 cm³/mol. The van der Waals surface area contributed by atoms with Gasteiger partial charge in [0.2, 0.25) is 0 Å². The number of urea groups is 1. The van der Waals surface area contributed by atoms with Gasteiger partial charge in [-0.05, 0) is 68.2 Å². The normalized spacial score (nSPS) is 26.3. The Labute approximate surface area is 140 Å². The number of halogens is 1. The van der Waals surface area contributed by atoms with Crippen LogP contribution in [0.1, 0.15) is 55.7 Å². The average Bonchev–Trinajstić information content (AvgIpc) is 2.56. The van der Waals surface area contributed by atoms with E-state index in [1.54, 1.807) is 6.07 Å². The number of carbonyl (C=O) groups is 2. The minimum atomic E-state index is -0.751. The summed E-state index contributed by atoms with van der Waals surface area (Å²) in [7, 11) is 0. The molecule has 1 saturated carbocycles. The maximum absolute atomic E-state index is 13.5. The van der Waals surface area contributed by atoms with E-state index >= 15 is 0 Å². The van der Waals surface area contributed by atoms with E-state index in [2.05, 4.69) is 10.6 Å². The largest absolute Gasteiger partial charge is 0.481 e. The summed E-state index contributed by atoms with van der Waals surface area (Å²) in [4.78, 5) is 23.2. The molecule has 3 rings (SSSR count). The highest BCUT2D eigenvalue weighted by Gasteiger charge is 2.28. The third-order valence-corrected chi connectivity index (χ3v) is 5.14. The quantitative estimate of drug-likeness (QED) is 0.794. The highest BCUT2D eigenvalue weighted by atomic mass is 19.1. The molecule has 2 aliphatic rings. The average molecular weight is 334 g/mol. The van der Waals surface area contributed by atoms with Crippen molar-refractivity contribution in [1.29, 1.82) is 0 Å². The highest BCUT2D eigenvalue weighted by molar-refractivity contribution is 5.75. The molecule has 2 aliphatic carbocycles. The highest BCUT2D eigenvalue weighted by Crippen LogP contribution is 2.30. The number of carboxylic acid groups (broad SMARTS) is 1. The van der Waals surface area contributed by atoms with Crippen LogP contribution < -0.4 is 10.6 Å². The van der Waals surface area contributed by atoms with Crippen LogP contribution in [0, 0.1) is 11.7 Å². The molecule has 24 heavy (non-hydrogen) atoms. The third kappa shape index (κ3) is 3.86. The molecule has 0 aliphatic heterocycles. The molecule has 0 heterocycles. The first kappa shape index (κ1) is 16.7. The van der Waals surface area contributed by atoms with Gasteiger partial charge in [0, 0.05) is 6.04 Å². The maximum atomic E-state index is 13.5. The van der Waals surface area contributed by atoms with Gasteiger partial charge in [0.1, 0.15) is 5.82 Å². The van der Waals surface area contributed by atoms with Gasteiger partial charge in [-0.3, -0.25) is 4.79 Å². The lowest BCUT2D eigenvalue weighted by Crippen LogP contribution is -2.45. The van der Waals surface area contributed by atoms with Crippen LogP contribution in [-0.4, -0.2) is 23.1 Å². The van der Waals surface area contributed by atoms with Crippen molar-refractivity contribution in [2.24, 2.45) is 5.92 Å². The van der Waals surface area contributed by atoms with Crippen molar-refractivity contribution in [3.8, 4) is 0 Å². The summed E-state index contributed by atoms with van der Waals surface area (Å²) < 4.78 is 13.5. The van der Waals surface area contributed by atoms with E-state index in [4.69, 9.17) is 5.11 Å². The summed E-state index contributed by atoms with van der Waals surface area (Å²) >= 11 is 0. The van der Waals surface area contributed by atoms with Crippen molar-refractivity contribution in [3.63, 3.8) is 0 Å². The topological polar surface area (TPSA) is 78.4 Å². The molecule has 0 spiro atoms. The number of hydrogen-bond donors (Lipinski definition) is 3. The lowest BCUT2D eigenvalue weighted by molar-refractivity contribution is -0.142. The van der Waals surface area contributed by atoms with Crippen LogP contribution in [0.15, 0.2) is 18.2 Å². The number of aryl methyl sites for hydroxylation is 1. The monoisotopic (exact) mass is 334 g/mol. The number of amides is 2. The lowest BCUT2D eigenvalue weighted by atomic mass is 9.86. The molecule has 2 amide bonds. The minimum absolute atomic E-state index is 0.0103. The molecular formula is C18H23FN2O3. The molecule has 3 N–H and O–H groups in total. The van der Waals surface area contributed by atoms with Crippen molar-refractivity contribution in [1.82, 2.24) is 10.6 Å². The van der Waals surface area contributed by atoms with Crippen LogP contribution in [-0.2, 0) is 11.2 Å². The zero-order chi connectivity index (χ0) is 17.1. The summed E-state index contributed by atoms with van der Waals surface area (Å²) in [6.45, 7) is 0. The van der Waals surface area contributed by atoms with Crippen molar-refractivity contribution >= 4 is 12.0 Å². The molecule has 1 fully saturated rings. The summed E-state index contributed by atoms with van der Waals surface area (Å²) in [6.07, 6.45) is 5.23. The number of hydrogen-bond acceptors (Lipinski definition) is 2. The Morgan fingerprint density at radius 2 is 1.83 bits per heavy atom. The molecule has 0 radical (unpaired) electrons. The molecule has 1 atom stereocenters. The fraction of sp³-hybridized carbons (Fsp3) is 0.556. The summed E-state index contributed by atoms with van der Waals surface area (Å²) in [6, 6.07) is 4.36. The summed E-state index contributed by atoms with van der Waals surface area (Å²) in [5.41, 5.74) is 1.96. The third-order valence-electron chi connectivity index (χ3n) is 5.14. The zero-order valence-electron chi connectivity index (χ0n) is 13.6. The number of carbonyl (C=O) groups excluding carboxylic acids is 1. The Balaban J connectivity index is 1.55. The van der Waals surface area contributed by atoms with Gasteiger partial charge in [0.25, 0.3) is 0 Å². The van der Waals surface area contributed by atoms with E-state index < -0.39 is 5.97 Å². The van der Waals surface area contributed by atoms with Gasteiger partial charge in [-0.15, -0.1) is 0 Å². The van der Waals surface area contributed by atoms with Gasteiger partial charge in [0.15, 0.2) is 0 Å². The molecular weight excluding hydrogens is 311 g/mol. The Morgan fingerprint density at radius 3 is 2.54 bits per heavy atom. The van der Waals surface area contributed by atoms with Gasteiger partial charge >= 0.3 is 12.0 Å². The number of aliphatic carboxylic acids is 1. The molecule has 130 valence electrons. The molecule has 1 aromatic rings. The van der Waals surface area contributed by atoms with Gasteiger partial charge in [-0.25, -0.2) is 9.18 Å². The van der Waals surface area contributed by atoms with Crippen LogP contribution in [0.25, 0.3) is 0 Å².